The smallest absolute Gasteiger partial charge is 0.0728 e. The second kappa shape index (κ2) is 3.40. The van der Waals surface area contributed by atoms with Crippen molar-refractivity contribution < 1.29 is 0 Å². The van der Waals surface area contributed by atoms with Gasteiger partial charge in [-0.2, -0.15) is 5.10 Å². The highest BCUT2D eigenvalue weighted by molar-refractivity contribution is 5.39. The Hall–Kier alpha value is -0.990. The number of nitrogens with zero attached hydrogens (tertiary/aromatic N) is 2. The average Bonchev–Trinajstić information content (AvgIpc) is 2.88. The monoisotopic (exact) mass is 179 g/mol. The van der Waals surface area contributed by atoms with Gasteiger partial charge < -0.3 is 5.32 Å². The minimum atomic E-state index is 0.606. The maximum absolute atomic E-state index is 4.22. The molecule has 13 heavy (non-hydrogen) atoms. The second-order valence-electron chi connectivity index (χ2n) is 3.86. The summed E-state index contributed by atoms with van der Waals surface area (Å²) >= 11 is 0. The number of aryl methyl sites for hydroxylation is 1. The zero-order chi connectivity index (χ0) is 9.26. The molecule has 1 aromatic rings. The van der Waals surface area contributed by atoms with Gasteiger partial charge in [0.15, 0.2) is 0 Å². The third-order valence-electron chi connectivity index (χ3n) is 2.68. The van der Waals surface area contributed by atoms with Crippen molar-refractivity contribution in [1.29, 1.82) is 0 Å². The number of rotatable bonds is 4. The van der Waals surface area contributed by atoms with E-state index < -0.39 is 0 Å². The molecular formula is C10H17N3. The average molecular weight is 179 g/mol. The number of anilines is 1. The molecule has 1 saturated carbocycles. The molecule has 0 aliphatic heterocycles. The number of aromatic nitrogens is 2. The molecule has 1 atom stereocenters. The lowest BCUT2D eigenvalue weighted by atomic mass is 10.2. The van der Waals surface area contributed by atoms with E-state index in [0.717, 1.165) is 18.2 Å². The van der Waals surface area contributed by atoms with Crippen molar-refractivity contribution in [2.45, 2.75) is 39.3 Å². The van der Waals surface area contributed by atoms with E-state index in [1.54, 1.807) is 0 Å². The first-order valence-corrected chi connectivity index (χ1v) is 5.08. The Labute approximate surface area is 79.1 Å². The molecule has 3 heteroatoms. The lowest BCUT2D eigenvalue weighted by Crippen LogP contribution is -2.16. The number of nitrogens with one attached hydrogen (secondary N) is 1. The van der Waals surface area contributed by atoms with Crippen molar-refractivity contribution in [2.24, 2.45) is 5.92 Å². The second-order valence-corrected chi connectivity index (χ2v) is 3.86. The summed E-state index contributed by atoms with van der Waals surface area (Å²) in [5.74, 6) is 0.893. The summed E-state index contributed by atoms with van der Waals surface area (Å²) in [4.78, 5) is 0. The highest BCUT2D eigenvalue weighted by Crippen LogP contribution is 2.33. The van der Waals surface area contributed by atoms with E-state index in [1.807, 2.05) is 10.9 Å². The van der Waals surface area contributed by atoms with Crippen molar-refractivity contribution in [1.82, 2.24) is 9.78 Å². The first-order valence-electron chi connectivity index (χ1n) is 5.08. The molecule has 2 rings (SSSR count). The lowest BCUT2D eigenvalue weighted by molar-refractivity contribution is 0.659. The van der Waals surface area contributed by atoms with Crippen LogP contribution in [0.25, 0.3) is 0 Å². The molecule has 1 fully saturated rings. The van der Waals surface area contributed by atoms with Crippen LogP contribution < -0.4 is 5.32 Å². The Morgan fingerprint density at radius 2 is 2.46 bits per heavy atom. The summed E-state index contributed by atoms with van der Waals surface area (Å²) in [6.45, 7) is 5.29. The predicted molar refractivity (Wildman–Crippen MR) is 53.7 cm³/mol. The molecule has 1 aromatic heterocycles. The SMILES string of the molecule is CCn1cc(N[C@H](C)C2CC2)cn1. The molecule has 1 aliphatic carbocycles. The van der Waals surface area contributed by atoms with E-state index in [1.165, 1.54) is 12.8 Å². The Morgan fingerprint density at radius 3 is 3.00 bits per heavy atom. The van der Waals surface area contributed by atoms with Crippen LogP contribution in [0.3, 0.4) is 0 Å². The summed E-state index contributed by atoms with van der Waals surface area (Å²) in [5, 5.41) is 7.70. The van der Waals surface area contributed by atoms with Crippen LogP contribution in [-0.2, 0) is 6.54 Å². The maximum atomic E-state index is 4.22. The van der Waals surface area contributed by atoms with E-state index in [-0.39, 0.29) is 0 Å². The van der Waals surface area contributed by atoms with Crippen LogP contribution >= 0.6 is 0 Å². The Balaban J connectivity index is 1.92. The molecular weight excluding hydrogens is 162 g/mol. The van der Waals surface area contributed by atoms with Gasteiger partial charge in [-0.1, -0.05) is 0 Å². The fraction of sp³-hybridized carbons (Fsp3) is 0.700. The van der Waals surface area contributed by atoms with E-state index in [2.05, 4.69) is 30.5 Å². The largest absolute Gasteiger partial charge is 0.380 e. The van der Waals surface area contributed by atoms with Gasteiger partial charge >= 0.3 is 0 Å². The Bertz CT molecular complexity index is 275. The van der Waals surface area contributed by atoms with Crippen LogP contribution in [0.5, 0.6) is 0 Å². The van der Waals surface area contributed by atoms with Crippen molar-refractivity contribution >= 4 is 5.69 Å². The van der Waals surface area contributed by atoms with Crippen LogP contribution in [0.4, 0.5) is 5.69 Å². The van der Waals surface area contributed by atoms with Crippen molar-refractivity contribution in [3.63, 3.8) is 0 Å². The zero-order valence-electron chi connectivity index (χ0n) is 8.33. The van der Waals surface area contributed by atoms with Gasteiger partial charge in [0.1, 0.15) is 0 Å². The molecule has 3 nitrogen and oxygen atoms in total. The summed E-state index contributed by atoms with van der Waals surface area (Å²) in [6.07, 6.45) is 6.74. The van der Waals surface area contributed by atoms with Crippen LogP contribution in [0.2, 0.25) is 0 Å². The van der Waals surface area contributed by atoms with E-state index in [0.29, 0.717) is 6.04 Å². The van der Waals surface area contributed by atoms with Gasteiger partial charge in [-0.15, -0.1) is 0 Å². The normalized spacial score (nSPS) is 18.6. The summed E-state index contributed by atoms with van der Waals surface area (Å²) in [7, 11) is 0. The van der Waals surface area contributed by atoms with Gasteiger partial charge in [0, 0.05) is 18.8 Å². The first-order chi connectivity index (χ1) is 6.29. The highest BCUT2D eigenvalue weighted by atomic mass is 15.3. The third kappa shape index (κ3) is 2.02. The van der Waals surface area contributed by atoms with E-state index >= 15 is 0 Å². The molecule has 72 valence electrons. The van der Waals surface area contributed by atoms with Crippen LogP contribution in [0, 0.1) is 5.92 Å². The van der Waals surface area contributed by atoms with E-state index in [4.69, 9.17) is 0 Å². The van der Waals surface area contributed by atoms with Crippen molar-refractivity contribution in [3.05, 3.63) is 12.4 Å². The van der Waals surface area contributed by atoms with Gasteiger partial charge in [0.2, 0.25) is 0 Å². The van der Waals surface area contributed by atoms with Gasteiger partial charge in [-0.3, -0.25) is 4.68 Å². The fourth-order valence-electron chi connectivity index (χ4n) is 1.59. The third-order valence-corrected chi connectivity index (χ3v) is 2.68. The van der Waals surface area contributed by atoms with Gasteiger partial charge in [0.05, 0.1) is 11.9 Å². The lowest BCUT2D eigenvalue weighted by Gasteiger charge is -2.11. The molecule has 0 aromatic carbocycles. The standard InChI is InChI=1S/C10H17N3/c1-3-13-7-10(6-11-13)12-8(2)9-4-5-9/h6-9,12H,3-5H2,1-2H3/t8-/m1/s1. The molecule has 1 N–H and O–H groups in total. The molecule has 1 heterocycles. The van der Waals surface area contributed by atoms with Crippen molar-refractivity contribution in [3.8, 4) is 0 Å². The highest BCUT2D eigenvalue weighted by Gasteiger charge is 2.27. The van der Waals surface area contributed by atoms with Gasteiger partial charge in [0.25, 0.3) is 0 Å². The Kier molecular flexibility index (Phi) is 2.25. The minimum Gasteiger partial charge on any atom is -0.380 e. The number of hydrogen-bond acceptors (Lipinski definition) is 2. The van der Waals surface area contributed by atoms with Crippen LogP contribution in [-0.4, -0.2) is 15.8 Å². The van der Waals surface area contributed by atoms with Gasteiger partial charge in [-0.05, 0) is 32.6 Å². The molecule has 1 aliphatic rings. The number of hydrogen-bond donors (Lipinski definition) is 1. The van der Waals surface area contributed by atoms with Gasteiger partial charge in [-0.25, -0.2) is 0 Å². The zero-order valence-corrected chi connectivity index (χ0v) is 8.33. The summed E-state index contributed by atoms with van der Waals surface area (Å²) < 4.78 is 1.95. The molecule has 0 spiro atoms. The fourth-order valence-corrected chi connectivity index (χ4v) is 1.59. The molecule has 0 radical (unpaired) electrons. The Morgan fingerprint density at radius 1 is 1.69 bits per heavy atom. The summed E-state index contributed by atoms with van der Waals surface area (Å²) in [6, 6.07) is 0.606. The molecule has 0 unspecified atom stereocenters. The minimum absolute atomic E-state index is 0.606. The van der Waals surface area contributed by atoms with Crippen LogP contribution in [0.15, 0.2) is 12.4 Å². The maximum Gasteiger partial charge on any atom is 0.0728 e. The topological polar surface area (TPSA) is 29.9 Å². The summed E-state index contributed by atoms with van der Waals surface area (Å²) in [5.41, 5.74) is 1.15. The molecule has 0 amide bonds. The molecule has 0 bridgehead atoms. The quantitative estimate of drug-likeness (QED) is 0.767. The predicted octanol–water partition coefficient (Wildman–Crippen LogP) is 2.11. The van der Waals surface area contributed by atoms with Crippen molar-refractivity contribution in [2.75, 3.05) is 5.32 Å². The first kappa shape index (κ1) is 8.60. The molecule has 0 saturated heterocycles. The van der Waals surface area contributed by atoms with E-state index in [9.17, 15) is 0 Å². The van der Waals surface area contributed by atoms with Crippen LogP contribution in [0.1, 0.15) is 26.7 Å².